The molecule has 18 heavy (non-hydrogen) atoms. The van der Waals surface area contributed by atoms with E-state index in [0.717, 1.165) is 22.9 Å². The normalized spacial score (nSPS) is 18.8. The van der Waals surface area contributed by atoms with Crippen molar-refractivity contribution in [3.63, 3.8) is 0 Å². The summed E-state index contributed by atoms with van der Waals surface area (Å²) < 4.78 is 19.7. The molecule has 0 unspecified atom stereocenters. The van der Waals surface area contributed by atoms with Crippen LogP contribution in [0.1, 0.15) is 37.7 Å². The van der Waals surface area contributed by atoms with Gasteiger partial charge in [0.05, 0.1) is 13.2 Å². The van der Waals surface area contributed by atoms with Crippen molar-refractivity contribution in [2.24, 2.45) is 5.73 Å². The van der Waals surface area contributed by atoms with Gasteiger partial charge in [0.15, 0.2) is 0 Å². The van der Waals surface area contributed by atoms with Gasteiger partial charge in [0.25, 0.3) is 0 Å². The predicted octanol–water partition coefficient (Wildman–Crippen LogP) is 3.77. The second-order valence-electron chi connectivity index (χ2n) is 5.15. The summed E-state index contributed by atoms with van der Waals surface area (Å²) >= 11 is 3.39. The third kappa shape index (κ3) is 3.77. The first-order valence-electron chi connectivity index (χ1n) is 6.40. The maximum absolute atomic E-state index is 13.1. The highest BCUT2D eigenvalue weighted by Gasteiger charge is 2.27. The lowest BCUT2D eigenvalue weighted by molar-refractivity contribution is 0.0571. The topological polar surface area (TPSA) is 35.2 Å². The van der Waals surface area contributed by atoms with E-state index in [1.165, 1.54) is 31.4 Å². The lowest BCUT2D eigenvalue weighted by atomic mass is 9.83. The van der Waals surface area contributed by atoms with Crippen LogP contribution in [0.15, 0.2) is 22.7 Å². The highest BCUT2D eigenvalue weighted by Crippen LogP contribution is 2.27. The van der Waals surface area contributed by atoms with Gasteiger partial charge in [-0.05, 0) is 36.6 Å². The molecule has 100 valence electrons. The Morgan fingerprint density at radius 1 is 1.28 bits per heavy atom. The average molecular weight is 316 g/mol. The van der Waals surface area contributed by atoms with E-state index < -0.39 is 0 Å². The molecule has 0 heterocycles. The van der Waals surface area contributed by atoms with E-state index in [1.54, 1.807) is 6.07 Å². The zero-order valence-corrected chi connectivity index (χ0v) is 12.0. The van der Waals surface area contributed by atoms with E-state index in [0.29, 0.717) is 13.2 Å². The van der Waals surface area contributed by atoms with Crippen LogP contribution in [0, 0.1) is 5.82 Å². The molecule has 1 aliphatic carbocycles. The summed E-state index contributed by atoms with van der Waals surface area (Å²) in [5.41, 5.74) is 6.93. The van der Waals surface area contributed by atoms with Gasteiger partial charge >= 0.3 is 0 Å². The Morgan fingerprint density at radius 3 is 2.72 bits per heavy atom. The molecule has 0 atom stereocenters. The molecule has 1 aliphatic rings. The van der Waals surface area contributed by atoms with E-state index in [9.17, 15) is 4.39 Å². The summed E-state index contributed by atoms with van der Waals surface area (Å²) in [4.78, 5) is 0. The van der Waals surface area contributed by atoms with E-state index in [1.807, 2.05) is 0 Å². The smallest absolute Gasteiger partial charge is 0.123 e. The van der Waals surface area contributed by atoms with Gasteiger partial charge in [-0.15, -0.1) is 0 Å². The zero-order valence-electron chi connectivity index (χ0n) is 10.4. The molecule has 0 aromatic heterocycles. The van der Waals surface area contributed by atoms with Gasteiger partial charge in [0, 0.05) is 10.0 Å². The van der Waals surface area contributed by atoms with Crippen molar-refractivity contribution in [1.82, 2.24) is 0 Å². The maximum Gasteiger partial charge on any atom is 0.123 e. The molecule has 2 rings (SSSR count). The first-order valence-corrected chi connectivity index (χ1v) is 7.19. The van der Waals surface area contributed by atoms with E-state index >= 15 is 0 Å². The van der Waals surface area contributed by atoms with Crippen molar-refractivity contribution in [3.05, 3.63) is 34.1 Å². The molecule has 0 radical (unpaired) electrons. The first kappa shape index (κ1) is 14.0. The standard InChI is InChI=1S/C14H19BrFNO/c15-13-5-4-12(16)8-11(13)9-18-10-14(17)6-2-1-3-7-14/h4-5,8H,1-3,6-7,9-10,17H2. The van der Waals surface area contributed by atoms with Crippen molar-refractivity contribution in [2.45, 2.75) is 44.2 Å². The number of halogens is 2. The summed E-state index contributed by atoms with van der Waals surface area (Å²) in [6.45, 7) is 0.952. The molecule has 1 aromatic rings. The highest BCUT2D eigenvalue weighted by molar-refractivity contribution is 9.10. The molecule has 0 spiro atoms. The third-order valence-corrected chi connectivity index (χ3v) is 4.28. The van der Waals surface area contributed by atoms with Gasteiger partial charge in [0.1, 0.15) is 5.82 Å². The number of ether oxygens (including phenoxy) is 1. The number of benzene rings is 1. The van der Waals surface area contributed by atoms with Crippen LogP contribution < -0.4 is 5.73 Å². The minimum Gasteiger partial charge on any atom is -0.375 e. The zero-order chi connectivity index (χ0) is 13.0. The van der Waals surface area contributed by atoms with Gasteiger partial charge < -0.3 is 10.5 Å². The molecule has 0 amide bonds. The van der Waals surface area contributed by atoms with Crippen molar-refractivity contribution in [2.75, 3.05) is 6.61 Å². The van der Waals surface area contributed by atoms with E-state index in [2.05, 4.69) is 15.9 Å². The second kappa shape index (κ2) is 6.13. The van der Waals surface area contributed by atoms with Crippen LogP contribution in [0.5, 0.6) is 0 Å². The van der Waals surface area contributed by atoms with Gasteiger partial charge in [0.2, 0.25) is 0 Å². The molecule has 1 aromatic carbocycles. The summed E-state index contributed by atoms with van der Waals surface area (Å²) in [5, 5.41) is 0. The number of rotatable bonds is 4. The minimum atomic E-state index is -0.239. The van der Waals surface area contributed by atoms with Crippen LogP contribution in [0.4, 0.5) is 4.39 Å². The van der Waals surface area contributed by atoms with Crippen LogP contribution in [0.25, 0.3) is 0 Å². The summed E-state index contributed by atoms with van der Waals surface area (Å²) in [6.07, 6.45) is 5.69. The molecule has 1 saturated carbocycles. The average Bonchev–Trinajstić information content (AvgIpc) is 2.34. The van der Waals surface area contributed by atoms with Crippen molar-refractivity contribution in [1.29, 1.82) is 0 Å². The Kier molecular flexibility index (Phi) is 4.76. The molecular formula is C14H19BrFNO. The Morgan fingerprint density at radius 2 is 2.00 bits per heavy atom. The predicted molar refractivity (Wildman–Crippen MR) is 73.8 cm³/mol. The molecule has 0 bridgehead atoms. The fraction of sp³-hybridized carbons (Fsp3) is 0.571. The van der Waals surface area contributed by atoms with Crippen LogP contribution in [0.3, 0.4) is 0 Å². The first-order chi connectivity index (χ1) is 8.59. The molecular weight excluding hydrogens is 297 g/mol. The Balaban J connectivity index is 1.86. The molecule has 2 nitrogen and oxygen atoms in total. The van der Waals surface area contributed by atoms with Crippen molar-refractivity contribution in [3.8, 4) is 0 Å². The number of nitrogens with two attached hydrogens (primary N) is 1. The maximum atomic E-state index is 13.1. The Bertz CT molecular complexity index is 405. The van der Waals surface area contributed by atoms with Crippen LogP contribution in [-0.2, 0) is 11.3 Å². The van der Waals surface area contributed by atoms with Crippen LogP contribution in [0.2, 0.25) is 0 Å². The number of hydrogen-bond donors (Lipinski definition) is 1. The monoisotopic (exact) mass is 315 g/mol. The van der Waals surface area contributed by atoms with Gasteiger partial charge in [-0.1, -0.05) is 35.2 Å². The quantitative estimate of drug-likeness (QED) is 0.918. The minimum absolute atomic E-state index is 0.182. The van der Waals surface area contributed by atoms with E-state index in [4.69, 9.17) is 10.5 Å². The molecule has 2 N–H and O–H groups in total. The van der Waals surface area contributed by atoms with Gasteiger partial charge in [-0.25, -0.2) is 4.39 Å². The Labute approximate surface area is 116 Å². The molecule has 1 fully saturated rings. The summed E-state index contributed by atoms with van der Waals surface area (Å²) in [6, 6.07) is 4.63. The third-order valence-electron chi connectivity index (χ3n) is 3.50. The van der Waals surface area contributed by atoms with E-state index in [-0.39, 0.29) is 11.4 Å². The fourth-order valence-corrected chi connectivity index (χ4v) is 2.78. The van der Waals surface area contributed by atoms with Crippen molar-refractivity contribution >= 4 is 15.9 Å². The van der Waals surface area contributed by atoms with Crippen molar-refractivity contribution < 1.29 is 9.13 Å². The van der Waals surface area contributed by atoms with Crippen LogP contribution >= 0.6 is 15.9 Å². The molecule has 0 saturated heterocycles. The largest absolute Gasteiger partial charge is 0.375 e. The lowest BCUT2D eigenvalue weighted by Gasteiger charge is -2.33. The fourth-order valence-electron chi connectivity index (χ4n) is 2.42. The Hall–Kier alpha value is -0.450. The number of hydrogen-bond acceptors (Lipinski definition) is 2. The van der Waals surface area contributed by atoms with Gasteiger partial charge in [-0.2, -0.15) is 0 Å². The SMILES string of the molecule is NC1(COCc2cc(F)ccc2Br)CCCCC1. The molecule has 4 heteroatoms. The summed E-state index contributed by atoms with van der Waals surface area (Å²) in [7, 11) is 0. The summed E-state index contributed by atoms with van der Waals surface area (Å²) in [5.74, 6) is -0.239. The lowest BCUT2D eigenvalue weighted by Crippen LogP contribution is -2.46. The van der Waals surface area contributed by atoms with Crippen LogP contribution in [-0.4, -0.2) is 12.1 Å². The van der Waals surface area contributed by atoms with Gasteiger partial charge in [-0.3, -0.25) is 0 Å². The highest BCUT2D eigenvalue weighted by atomic mass is 79.9. The molecule has 0 aliphatic heterocycles. The second-order valence-corrected chi connectivity index (χ2v) is 6.01.